The molecule has 1 atom stereocenters. The first-order valence-corrected chi connectivity index (χ1v) is 9.97. The molecule has 1 aromatic rings. The zero-order chi connectivity index (χ0) is 18.4. The molecule has 2 rings (SSSR count). The number of carbonyl (C=O) groups is 1. The first-order chi connectivity index (χ1) is 11.8. The van der Waals surface area contributed by atoms with Crippen molar-refractivity contribution in [2.24, 2.45) is 11.7 Å². The maximum absolute atomic E-state index is 11.4. The number of nitrogens with one attached hydrogen (secondary N) is 1. The summed E-state index contributed by atoms with van der Waals surface area (Å²) in [6.07, 6.45) is 5.43. The van der Waals surface area contributed by atoms with Crippen molar-refractivity contribution < 1.29 is 14.6 Å². The molecule has 7 heteroatoms. The van der Waals surface area contributed by atoms with Crippen molar-refractivity contribution in [2.45, 2.75) is 77.1 Å². The van der Waals surface area contributed by atoms with Crippen LogP contribution in [0.2, 0.25) is 0 Å². The van der Waals surface area contributed by atoms with Crippen LogP contribution in [0.5, 0.6) is 0 Å². The number of thiazole rings is 1. The highest BCUT2D eigenvalue weighted by Gasteiger charge is 2.27. The first kappa shape index (κ1) is 20.3. The van der Waals surface area contributed by atoms with Crippen molar-refractivity contribution in [3.8, 4) is 0 Å². The van der Waals surface area contributed by atoms with Gasteiger partial charge in [0, 0.05) is 17.2 Å². The fraction of sp³-hybridized carbons (Fsp3) is 0.778. The van der Waals surface area contributed by atoms with Crippen LogP contribution in [0.1, 0.15) is 70.9 Å². The largest absolute Gasteiger partial charge is 0.368 e. The zero-order valence-corrected chi connectivity index (χ0v) is 16.3. The van der Waals surface area contributed by atoms with Gasteiger partial charge in [0.05, 0.1) is 17.8 Å². The lowest BCUT2D eigenvalue weighted by atomic mass is 9.84. The number of anilines is 1. The molecule has 1 amide bonds. The summed E-state index contributed by atoms with van der Waals surface area (Å²) in [5, 5.41) is 15.7. The maximum atomic E-state index is 11.4. The highest BCUT2D eigenvalue weighted by Crippen LogP contribution is 2.35. The predicted octanol–water partition coefficient (Wildman–Crippen LogP) is 3.23. The second kappa shape index (κ2) is 9.07. The summed E-state index contributed by atoms with van der Waals surface area (Å²) in [6.45, 7) is 5.88. The third-order valence-electron chi connectivity index (χ3n) is 4.50. The number of aliphatic hydroxyl groups is 1. The molecule has 0 aliphatic heterocycles. The van der Waals surface area contributed by atoms with Gasteiger partial charge < -0.3 is 20.9 Å². The Hall–Kier alpha value is -1.02. The van der Waals surface area contributed by atoms with E-state index in [-0.39, 0.29) is 24.0 Å². The van der Waals surface area contributed by atoms with Crippen LogP contribution in [-0.4, -0.2) is 34.4 Å². The number of carbonyl (C=O) groups excluding carboxylic acids is 1. The highest BCUT2D eigenvalue weighted by molar-refractivity contribution is 7.13. The second-order valence-electron chi connectivity index (χ2n) is 7.77. The van der Waals surface area contributed by atoms with Crippen LogP contribution in [-0.2, 0) is 9.53 Å². The van der Waals surface area contributed by atoms with Crippen molar-refractivity contribution in [1.82, 2.24) is 4.98 Å². The van der Waals surface area contributed by atoms with E-state index in [0.29, 0.717) is 11.0 Å². The van der Waals surface area contributed by atoms with E-state index in [0.717, 1.165) is 44.2 Å². The second-order valence-corrected chi connectivity index (χ2v) is 8.63. The van der Waals surface area contributed by atoms with Crippen LogP contribution in [0.4, 0.5) is 5.13 Å². The quantitative estimate of drug-likeness (QED) is 0.692. The molecule has 25 heavy (non-hydrogen) atoms. The van der Waals surface area contributed by atoms with Crippen LogP contribution in [0.3, 0.4) is 0 Å². The van der Waals surface area contributed by atoms with E-state index in [1.54, 1.807) is 0 Å². The summed E-state index contributed by atoms with van der Waals surface area (Å²) in [6, 6.07) is 0. The Balaban J connectivity index is 1.87. The monoisotopic (exact) mass is 369 g/mol. The molecular formula is C18H31N3O3S. The number of nitrogens with two attached hydrogens (primary N) is 1. The molecule has 1 saturated carbocycles. The molecule has 1 aromatic heterocycles. The Morgan fingerprint density at radius 3 is 2.60 bits per heavy atom. The summed E-state index contributed by atoms with van der Waals surface area (Å²) in [7, 11) is 0. The number of aliphatic hydroxyl groups excluding tert-OH is 1. The van der Waals surface area contributed by atoms with Gasteiger partial charge >= 0.3 is 0 Å². The van der Waals surface area contributed by atoms with Gasteiger partial charge in [-0.25, -0.2) is 4.98 Å². The molecule has 1 aliphatic carbocycles. The third-order valence-corrected chi connectivity index (χ3v) is 5.28. The summed E-state index contributed by atoms with van der Waals surface area (Å²) in [5.41, 5.74) is 6.05. The van der Waals surface area contributed by atoms with Crippen LogP contribution < -0.4 is 11.1 Å². The fourth-order valence-electron chi connectivity index (χ4n) is 3.28. The van der Waals surface area contributed by atoms with Crippen LogP contribution >= 0.6 is 11.3 Å². The average Bonchev–Trinajstić information content (AvgIpc) is 2.93. The van der Waals surface area contributed by atoms with Gasteiger partial charge in [-0.3, -0.25) is 4.79 Å². The van der Waals surface area contributed by atoms with E-state index in [1.807, 2.05) is 26.2 Å². The molecule has 4 N–H and O–H groups in total. The number of ether oxygens (including phenoxy) is 1. The molecule has 142 valence electrons. The van der Waals surface area contributed by atoms with Crippen molar-refractivity contribution in [3.63, 3.8) is 0 Å². The predicted molar refractivity (Wildman–Crippen MR) is 101 cm³/mol. The van der Waals surface area contributed by atoms with Crippen molar-refractivity contribution in [3.05, 3.63) is 11.1 Å². The smallest absolute Gasteiger partial charge is 0.239 e. The molecular weight excluding hydrogens is 338 g/mol. The Bertz CT molecular complexity index is 546. The molecule has 6 nitrogen and oxygen atoms in total. The molecule has 1 unspecified atom stereocenters. The summed E-state index contributed by atoms with van der Waals surface area (Å²) in [4.78, 5) is 15.9. The lowest BCUT2D eigenvalue weighted by Crippen LogP contribution is -2.33. The molecule has 1 aliphatic rings. The standard InChI is InChI=1S/C18H31N3O3S/c1-18(2,3)24-16(23)13-8-4-6-12(7-5-9-13)14-11-25-17(20-14)21-15(22)10-19/h11-13,16,23H,4-10,19H2,1-3H3,(H,20,21,22). The summed E-state index contributed by atoms with van der Waals surface area (Å²) < 4.78 is 5.73. The van der Waals surface area contributed by atoms with E-state index in [2.05, 4.69) is 10.3 Å². The van der Waals surface area contributed by atoms with E-state index in [9.17, 15) is 9.90 Å². The Morgan fingerprint density at radius 2 is 2.04 bits per heavy atom. The Labute approximate surface area is 154 Å². The Kier molecular flexibility index (Phi) is 7.37. The topological polar surface area (TPSA) is 97.5 Å². The van der Waals surface area contributed by atoms with Crippen LogP contribution in [0.25, 0.3) is 0 Å². The van der Waals surface area contributed by atoms with Crippen molar-refractivity contribution in [1.29, 1.82) is 0 Å². The molecule has 0 aromatic carbocycles. The molecule has 0 saturated heterocycles. The molecule has 1 fully saturated rings. The number of hydrogen-bond acceptors (Lipinski definition) is 6. The summed E-state index contributed by atoms with van der Waals surface area (Å²) >= 11 is 1.45. The normalized spacial score (nSPS) is 23.6. The van der Waals surface area contributed by atoms with Gasteiger partial charge in [0.25, 0.3) is 0 Å². The van der Waals surface area contributed by atoms with Gasteiger partial charge in [-0.05, 0) is 46.5 Å². The van der Waals surface area contributed by atoms with Gasteiger partial charge in [-0.2, -0.15) is 0 Å². The number of aromatic nitrogens is 1. The lowest BCUT2D eigenvalue weighted by molar-refractivity contribution is -0.194. The van der Waals surface area contributed by atoms with Gasteiger partial charge in [0.1, 0.15) is 0 Å². The van der Waals surface area contributed by atoms with Gasteiger partial charge in [-0.1, -0.05) is 12.8 Å². The number of hydrogen-bond donors (Lipinski definition) is 3. The maximum Gasteiger partial charge on any atom is 0.239 e. The van der Waals surface area contributed by atoms with Crippen LogP contribution in [0.15, 0.2) is 5.38 Å². The van der Waals surface area contributed by atoms with Gasteiger partial charge in [0.15, 0.2) is 11.4 Å². The molecule has 1 heterocycles. The third kappa shape index (κ3) is 6.66. The highest BCUT2D eigenvalue weighted by atomic mass is 32.1. The van der Waals surface area contributed by atoms with E-state index < -0.39 is 6.29 Å². The average molecular weight is 370 g/mol. The minimum absolute atomic E-state index is 0.0291. The number of nitrogens with zero attached hydrogens (tertiary/aromatic N) is 1. The van der Waals surface area contributed by atoms with Gasteiger partial charge in [0.2, 0.25) is 5.91 Å². The van der Waals surface area contributed by atoms with Crippen LogP contribution in [0, 0.1) is 5.92 Å². The Morgan fingerprint density at radius 1 is 1.40 bits per heavy atom. The van der Waals surface area contributed by atoms with E-state index in [1.165, 1.54) is 11.3 Å². The minimum Gasteiger partial charge on any atom is -0.368 e. The molecule has 0 spiro atoms. The number of rotatable bonds is 5. The van der Waals surface area contributed by atoms with Crippen molar-refractivity contribution in [2.75, 3.05) is 11.9 Å². The number of amides is 1. The first-order valence-electron chi connectivity index (χ1n) is 9.09. The lowest BCUT2D eigenvalue weighted by Gasteiger charge is -2.31. The zero-order valence-electron chi connectivity index (χ0n) is 15.5. The molecule has 0 radical (unpaired) electrons. The van der Waals surface area contributed by atoms with Gasteiger partial charge in [-0.15, -0.1) is 11.3 Å². The minimum atomic E-state index is -0.686. The van der Waals surface area contributed by atoms with E-state index in [4.69, 9.17) is 10.5 Å². The SMILES string of the molecule is CC(C)(C)OC(O)C1CCCC(c2csc(NC(=O)CN)n2)CCC1. The fourth-order valence-corrected chi connectivity index (χ4v) is 4.09. The van der Waals surface area contributed by atoms with Crippen molar-refractivity contribution >= 4 is 22.4 Å². The van der Waals surface area contributed by atoms with E-state index >= 15 is 0 Å². The molecule has 0 bridgehead atoms. The summed E-state index contributed by atoms with van der Waals surface area (Å²) in [5.74, 6) is 0.408.